The van der Waals surface area contributed by atoms with E-state index in [0.717, 1.165) is 16.0 Å². The van der Waals surface area contributed by atoms with E-state index in [1.807, 2.05) is 0 Å². The van der Waals surface area contributed by atoms with Gasteiger partial charge in [0.2, 0.25) is 17.7 Å². The Morgan fingerprint density at radius 3 is 2.42 bits per heavy atom. The van der Waals surface area contributed by atoms with Crippen LogP contribution in [0.25, 0.3) is 0 Å². The third kappa shape index (κ3) is 9.94. The van der Waals surface area contributed by atoms with E-state index in [4.69, 9.17) is 22.2 Å². The van der Waals surface area contributed by atoms with Gasteiger partial charge in [-0.05, 0) is 82.4 Å². The molecule has 1 aliphatic carbocycles. The number of rotatable bonds is 11. The van der Waals surface area contributed by atoms with Gasteiger partial charge < -0.3 is 20.3 Å². The van der Waals surface area contributed by atoms with Gasteiger partial charge in [0.15, 0.2) is 10.8 Å². The topological polar surface area (TPSA) is 163 Å². The molecule has 2 atom stereocenters. The van der Waals surface area contributed by atoms with E-state index in [1.54, 1.807) is 47.9 Å². The summed E-state index contributed by atoms with van der Waals surface area (Å²) in [6.07, 6.45) is -6.05. The van der Waals surface area contributed by atoms with Crippen LogP contribution in [-0.2, 0) is 30.1 Å². The normalized spacial score (nSPS) is 24.5. The van der Waals surface area contributed by atoms with Gasteiger partial charge >= 0.3 is 12.4 Å². The van der Waals surface area contributed by atoms with Crippen LogP contribution in [0.5, 0.6) is 0 Å². The highest BCUT2D eigenvalue weighted by Gasteiger charge is 2.53. The fraction of sp³-hybridized carbons (Fsp3) is 0.553. The van der Waals surface area contributed by atoms with Crippen molar-refractivity contribution in [1.29, 1.82) is 5.26 Å². The molecule has 4 aliphatic rings. The summed E-state index contributed by atoms with van der Waals surface area (Å²) >= 11 is 5.65. The Morgan fingerprint density at radius 2 is 1.76 bits per heavy atom. The van der Waals surface area contributed by atoms with Crippen molar-refractivity contribution in [3.05, 3.63) is 47.8 Å². The number of alkyl halides is 6. The van der Waals surface area contributed by atoms with Crippen LogP contribution < -0.4 is 20.9 Å². The highest BCUT2D eigenvalue weighted by molar-refractivity contribution is 7.80. The average Bonchev–Trinajstić information content (AvgIpc) is 3.34. The molecule has 0 radical (unpaired) electrons. The summed E-state index contributed by atoms with van der Waals surface area (Å²) in [5.74, 6) is -2.00. The highest BCUT2D eigenvalue weighted by atomic mass is 32.1. The van der Waals surface area contributed by atoms with E-state index in [9.17, 15) is 45.5 Å². The van der Waals surface area contributed by atoms with Crippen molar-refractivity contribution in [2.45, 2.75) is 94.5 Å². The number of benzene rings is 1. The SMILES string of the molecule is CC1(C)C(=O)N(c2cnc(C#N)c(C(F)(F)F)c2)C(=S)N1[C@H]1CC[C@H](OCCN2CCN(CC(=O)Nc3cccc(N[C@@H]4CCC(=O)NC4=O)c3)C(C(F)(F)F)C2)CC1. The average molecular weight is 852 g/mol. The molecule has 3 aliphatic heterocycles. The zero-order valence-electron chi connectivity index (χ0n) is 32.2. The fourth-order valence-electron chi connectivity index (χ4n) is 8.03. The summed E-state index contributed by atoms with van der Waals surface area (Å²) in [5.41, 5.74) is -2.67. The molecule has 4 amide bonds. The van der Waals surface area contributed by atoms with Crippen LogP contribution in [0.3, 0.4) is 0 Å². The summed E-state index contributed by atoms with van der Waals surface area (Å²) in [4.78, 5) is 59.2. The van der Waals surface area contributed by atoms with Gasteiger partial charge in [-0.2, -0.15) is 31.6 Å². The quantitative estimate of drug-likeness (QED) is 0.166. The van der Waals surface area contributed by atoms with Crippen molar-refractivity contribution in [3.8, 4) is 6.07 Å². The van der Waals surface area contributed by atoms with E-state index < -0.39 is 65.5 Å². The number of nitrogens with zero attached hydrogens (tertiary/aromatic N) is 6. The first-order chi connectivity index (χ1) is 27.8. The van der Waals surface area contributed by atoms with Gasteiger partial charge in [-0.3, -0.25) is 39.2 Å². The second-order valence-corrected chi connectivity index (χ2v) is 15.8. The number of amides is 4. The van der Waals surface area contributed by atoms with Crippen LogP contribution in [0.15, 0.2) is 36.5 Å². The molecule has 4 heterocycles. The van der Waals surface area contributed by atoms with E-state index in [0.29, 0.717) is 49.5 Å². The van der Waals surface area contributed by atoms with Gasteiger partial charge in [-0.1, -0.05) is 6.07 Å². The molecule has 0 spiro atoms. The van der Waals surface area contributed by atoms with Gasteiger partial charge in [-0.25, -0.2) is 4.98 Å². The predicted molar refractivity (Wildman–Crippen MR) is 205 cm³/mol. The number of nitriles is 1. The molecule has 0 bridgehead atoms. The third-order valence-electron chi connectivity index (χ3n) is 11.1. The number of hydrogen-bond donors (Lipinski definition) is 3. The van der Waals surface area contributed by atoms with Crippen molar-refractivity contribution >= 4 is 58.0 Å². The standard InChI is InChI=1S/C38H43F6N9O5S/c1-36(2)34(57)52(25-17-27(37(39,40)41)29(18-45)46-19-25)35(59)53(36)24-6-8-26(9-7-24)58-15-14-50-12-13-51(30(20-50)38(42,43)44)21-32(55)48-23-5-3-4-22(16-23)47-28-10-11-31(54)49-33(28)56/h3-5,16-17,19,24,26,28,30,47H,6-15,20-21H2,1-2H3,(H,48,55)(H,49,54,56)/t24-,26-,28-,30?/m1/s1. The highest BCUT2D eigenvalue weighted by Crippen LogP contribution is 2.40. The summed E-state index contributed by atoms with van der Waals surface area (Å²) in [6, 6.07) is 5.74. The van der Waals surface area contributed by atoms with E-state index in [2.05, 4.69) is 20.9 Å². The number of piperazine rings is 1. The van der Waals surface area contributed by atoms with Gasteiger partial charge in [0.1, 0.15) is 23.7 Å². The molecular weight excluding hydrogens is 809 g/mol. The number of ether oxygens (including phenoxy) is 1. The number of piperidine rings is 1. The molecule has 3 saturated heterocycles. The van der Waals surface area contributed by atoms with Crippen molar-refractivity contribution in [2.24, 2.45) is 0 Å². The largest absolute Gasteiger partial charge is 0.419 e. The number of nitrogens with one attached hydrogen (secondary N) is 3. The zero-order valence-corrected chi connectivity index (χ0v) is 33.0. The van der Waals surface area contributed by atoms with E-state index >= 15 is 0 Å². The number of carbonyl (C=O) groups is 4. The Kier molecular flexibility index (Phi) is 12.8. The van der Waals surface area contributed by atoms with E-state index in [1.165, 1.54) is 6.07 Å². The molecule has 2 aromatic rings. The molecule has 318 valence electrons. The number of thiocarbonyl (C=S) groups is 1. The number of pyridine rings is 1. The maximum Gasteiger partial charge on any atom is 0.419 e. The molecule has 4 fully saturated rings. The zero-order chi connectivity index (χ0) is 42.9. The number of aromatic nitrogens is 1. The van der Waals surface area contributed by atoms with Gasteiger partial charge in [-0.15, -0.1) is 0 Å². The van der Waals surface area contributed by atoms with Gasteiger partial charge in [0.25, 0.3) is 5.91 Å². The first-order valence-electron chi connectivity index (χ1n) is 19.1. The molecule has 1 unspecified atom stereocenters. The number of carbonyl (C=O) groups excluding carboxylic acids is 4. The van der Waals surface area contributed by atoms with Crippen LogP contribution in [0.4, 0.5) is 43.4 Å². The van der Waals surface area contributed by atoms with Crippen molar-refractivity contribution in [2.75, 3.05) is 54.9 Å². The number of imide groups is 1. The number of hydrogen-bond acceptors (Lipinski definition) is 11. The van der Waals surface area contributed by atoms with Crippen molar-refractivity contribution in [1.82, 2.24) is 25.0 Å². The lowest BCUT2D eigenvalue weighted by molar-refractivity contribution is -0.197. The molecular formula is C38H43F6N9O5S. The maximum atomic E-state index is 14.3. The fourth-order valence-corrected chi connectivity index (χ4v) is 8.60. The van der Waals surface area contributed by atoms with Crippen LogP contribution in [0.2, 0.25) is 0 Å². The minimum Gasteiger partial charge on any atom is -0.377 e. The second kappa shape index (κ2) is 17.4. The van der Waals surface area contributed by atoms with Crippen molar-refractivity contribution in [3.63, 3.8) is 0 Å². The first kappa shape index (κ1) is 43.7. The van der Waals surface area contributed by atoms with E-state index in [-0.39, 0.29) is 68.1 Å². The number of halogens is 6. The maximum absolute atomic E-state index is 14.3. The van der Waals surface area contributed by atoms with Crippen LogP contribution in [-0.4, -0.2) is 124 Å². The lowest BCUT2D eigenvalue weighted by atomic mass is 9.89. The molecule has 21 heteroatoms. The second-order valence-electron chi connectivity index (χ2n) is 15.5. The van der Waals surface area contributed by atoms with Crippen molar-refractivity contribution < 1.29 is 50.3 Å². The monoisotopic (exact) mass is 851 g/mol. The molecule has 3 N–H and O–H groups in total. The predicted octanol–water partition coefficient (Wildman–Crippen LogP) is 4.42. The Balaban J connectivity index is 0.971. The molecule has 14 nitrogen and oxygen atoms in total. The summed E-state index contributed by atoms with van der Waals surface area (Å²) in [7, 11) is 0. The number of anilines is 3. The van der Waals surface area contributed by atoms with Crippen LogP contribution >= 0.6 is 12.2 Å². The molecule has 1 aromatic heterocycles. The molecule has 1 aromatic carbocycles. The minimum atomic E-state index is -4.88. The van der Waals surface area contributed by atoms with Crippen LogP contribution in [0.1, 0.15) is 63.6 Å². The first-order valence-corrected chi connectivity index (χ1v) is 19.5. The Labute approximate surface area is 341 Å². The Hall–Kier alpha value is -4.91. The summed E-state index contributed by atoms with van der Waals surface area (Å²) < 4.78 is 90.0. The summed E-state index contributed by atoms with van der Waals surface area (Å²) in [5, 5.41) is 17.0. The molecule has 59 heavy (non-hydrogen) atoms. The lowest BCUT2D eigenvalue weighted by Gasteiger charge is -2.42. The molecule has 6 rings (SSSR count). The minimum absolute atomic E-state index is 0.0167. The van der Waals surface area contributed by atoms with Gasteiger partial charge in [0.05, 0.1) is 36.7 Å². The summed E-state index contributed by atoms with van der Waals surface area (Å²) in [6.45, 7) is 3.06. The molecule has 1 saturated carbocycles. The third-order valence-corrected chi connectivity index (χ3v) is 11.4. The Morgan fingerprint density at radius 1 is 1.05 bits per heavy atom. The van der Waals surface area contributed by atoms with Crippen LogP contribution in [0, 0.1) is 11.3 Å². The van der Waals surface area contributed by atoms with Gasteiger partial charge in [0, 0.05) is 50.0 Å². The lowest BCUT2D eigenvalue weighted by Crippen LogP contribution is -2.60. The Bertz CT molecular complexity index is 2000. The smallest absolute Gasteiger partial charge is 0.377 e.